The van der Waals surface area contributed by atoms with Crippen molar-refractivity contribution in [3.05, 3.63) is 67.5 Å². The van der Waals surface area contributed by atoms with Crippen LogP contribution >= 0.6 is 50.7 Å². The van der Waals surface area contributed by atoms with Crippen molar-refractivity contribution in [2.45, 2.75) is 6.92 Å². The molecule has 0 radical (unpaired) electrons. The Morgan fingerprint density at radius 2 is 1.93 bits per heavy atom. The standard InChI is InChI=1S/C18H12BrCl3N4O3/c1-2-25(15-10(18(28)29)6-9(20)7-12(15)22)17(27)13-8-14(19)24-26(13)16-11(21)4-3-5-23-16/h3-8H,2H2,1H3,(H,28,29). The lowest BCUT2D eigenvalue weighted by atomic mass is 10.1. The third kappa shape index (κ3) is 4.25. The Labute approximate surface area is 188 Å². The van der Waals surface area contributed by atoms with E-state index in [1.54, 1.807) is 19.1 Å². The predicted molar refractivity (Wildman–Crippen MR) is 115 cm³/mol. The van der Waals surface area contributed by atoms with Gasteiger partial charge in [-0.15, -0.1) is 0 Å². The summed E-state index contributed by atoms with van der Waals surface area (Å²) in [7, 11) is 0. The van der Waals surface area contributed by atoms with Crippen LogP contribution in [0.1, 0.15) is 27.8 Å². The van der Waals surface area contributed by atoms with E-state index in [-0.39, 0.29) is 44.4 Å². The number of carbonyl (C=O) groups is 2. The third-order valence-corrected chi connectivity index (χ3v) is 5.12. The highest BCUT2D eigenvalue weighted by atomic mass is 79.9. The monoisotopic (exact) mass is 516 g/mol. The fourth-order valence-corrected chi connectivity index (χ4v) is 3.92. The van der Waals surface area contributed by atoms with Gasteiger partial charge in [-0.25, -0.2) is 14.5 Å². The van der Waals surface area contributed by atoms with Crippen molar-refractivity contribution in [3.63, 3.8) is 0 Å². The molecule has 0 atom stereocenters. The summed E-state index contributed by atoms with van der Waals surface area (Å²) in [6.45, 7) is 1.83. The zero-order chi connectivity index (χ0) is 21.3. The van der Waals surface area contributed by atoms with Crippen LogP contribution in [0.2, 0.25) is 15.1 Å². The summed E-state index contributed by atoms with van der Waals surface area (Å²) in [6.07, 6.45) is 1.52. The first-order valence-electron chi connectivity index (χ1n) is 8.15. The second-order valence-corrected chi connectivity index (χ2v) is 7.77. The first-order valence-corrected chi connectivity index (χ1v) is 10.1. The average Bonchev–Trinajstić information content (AvgIpc) is 3.05. The molecule has 11 heteroatoms. The summed E-state index contributed by atoms with van der Waals surface area (Å²) < 4.78 is 1.65. The summed E-state index contributed by atoms with van der Waals surface area (Å²) in [4.78, 5) is 30.5. The maximum Gasteiger partial charge on any atom is 0.337 e. The fraction of sp³-hybridized carbons (Fsp3) is 0.111. The number of benzene rings is 1. The molecule has 0 fully saturated rings. The van der Waals surface area contributed by atoms with Crippen molar-refractivity contribution in [2.24, 2.45) is 0 Å². The van der Waals surface area contributed by atoms with E-state index in [2.05, 4.69) is 26.0 Å². The van der Waals surface area contributed by atoms with E-state index in [0.29, 0.717) is 4.60 Å². The lowest BCUT2D eigenvalue weighted by Crippen LogP contribution is -2.34. The molecule has 150 valence electrons. The molecule has 1 N–H and O–H groups in total. The number of carboxylic acids is 1. The normalized spacial score (nSPS) is 10.8. The maximum absolute atomic E-state index is 13.4. The molecule has 29 heavy (non-hydrogen) atoms. The van der Waals surface area contributed by atoms with Crippen LogP contribution in [-0.2, 0) is 0 Å². The molecule has 0 aliphatic heterocycles. The van der Waals surface area contributed by atoms with Gasteiger partial charge < -0.3 is 10.0 Å². The summed E-state index contributed by atoms with van der Waals surface area (Å²) in [6, 6.07) is 7.37. The molecule has 1 amide bonds. The number of amides is 1. The molecule has 3 aromatic rings. The van der Waals surface area contributed by atoms with Gasteiger partial charge in [0.2, 0.25) is 0 Å². The van der Waals surface area contributed by atoms with Gasteiger partial charge in [0, 0.05) is 23.8 Å². The van der Waals surface area contributed by atoms with Gasteiger partial charge in [0.05, 0.1) is 21.3 Å². The second kappa shape index (κ2) is 8.71. The van der Waals surface area contributed by atoms with Crippen LogP contribution in [0.4, 0.5) is 5.69 Å². The lowest BCUT2D eigenvalue weighted by molar-refractivity contribution is 0.0697. The van der Waals surface area contributed by atoms with Gasteiger partial charge in [-0.1, -0.05) is 34.8 Å². The van der Waals surface area contributed by atoms with E-state index in [1.165, 1.54) is 34.0 Å². The SMILES string of the molecule is CCN(C(=O)c1cc(Br)nn1-c1ncccc1Cl)c1c(Cl)cc(Cl)cc1C(=O)O. The number of pyridine rings is 1. The topological polar surface area (TPSA) is 88.3 Å². The highest BCUT2D eigenvalue weighted by molar-refractivity contribution is 9.10. The smallest absolute Gasteiger partial charge is 0.337 e. The van der Waals surface area contributed by atoms with Crippen LogP contribution in [0.3, 0.4) is 0 Å². The van der Waals surface area contributed by atoms with E-state index in [1.807, 2.05) is 0 Å². The molecule has 0 saturated heterocycles. The Bertz CT molecular complexity index is 1120. The van der Waals surface area contributed by atoms with Crippen LogP contribution in [0, 0.1) is 0 Å². The Kier molecular flexibility index (Phi) is 6.48. The number of hydrogen-bond donors (Lipinski definition) is 1. The highest BCUT2D eigenvalue weighted by Crippen LogP contribution is 2.35. The molecule has 0 unspecified atom stereocenters. The zero-order valence-electron chi connectivity index (χ0n) is 14.7. The molecule has 2 heterocycles. The van der Waals surface area contributed by atoms with Gasteiger partial charge in [-0.2, -0.15) is 5.10 Å². The molecule has 7 nitrogen and oxygen atoms in total. The van der Waals surface area contributed by atoms with E-state index >= 15 is 0 Å². The van der Waals surface area contributed by atoms with Crippen molar-refractivity contribution in [1.82, 2.24) is 14.8 Å². The third-order valence-electron chi connectivity index (χ3n) is 3.93. The van der Waals surface area contributed by atoms with Crippen molar-refractivity contribution < 1.29 is 14.7 Å². The van der Waals surface area contributed by atoms with Crippen LogP contribution < -0.4 is 4.90 Å². The first-order chi connectivity index (χ1) is 13.7. The molecular formula is C18H12BrCl3N4O3. The van der Waals surface area contributed by atoms with Gasteiger partial charge in [-0.05, 0) is 47.1 Å². The van der Waals surface area contributed by atoms with Gasteiger partial charge >= 0.3 is 5.97 Å². The molecule has 2 aromatic heterocycles. The number of halogens is 4. The summed E-state index contributed by atoms with van der Waals surface area (Å²) >= 11 is 21.7. The number of carbonyl (C=O) groups excluding carboxylic acids is 1. The van der Waals surface area contributed by atoms with Crippen LogP contribution in [-0.4, -0.2) is 38.3 Å². The van der Waals surface area contributed by atoms with E-state index < -0.39 is 11.9 Å². The maximum atomic E-state index is 13.4. The Morgan fingerprint density at radius 3 is 2.55 bits per heavy atom. The van der Waals surface area contributed by atoms with Crippen LogP contribution in [0.15, 0.2) is 41.1 Å². The second-order valence-electron chi connectivity index (χ2n) is 5.71. The van der Waals surface area contributed by atoms with E-state index in [9.17, 15) is 14.7 Å². The van der Waals surface area contributed by atoms with Crippen LogP contribution in [0.5, 0.6) is 0 Å². The fourth-order valence-electron chi connectivity index (χ4n) is 2.74. The van der Waals surface area contributed by atoms with Gasteiger partial charge in [0.25, 0.3) is 5.91 Å². The molecule has 0 saturated carbocycles. The molecule has 0 aliphatic rings. The van der Waals surface area contributed by atoms with Gasteiger partial charge in [0.15, 0.2) is 5.82 Å². The van der Waals surface area contributed by atoms with Crippen molar-refractivity contribution in [2.75, 3.05) is 11.4 Å². The summed E-state index contributed by atoms with van der Waals surface area (Å²) in [5, 5.41) is 14.3. The molecular weight excluding hydrogens is 506 g/mol. The number of aromatic nitrogens is 3. The number of carboxylic acid groups (broad SMARTS) is 1. The highest BCUT2D eigenvalue weighted by Gasteiger charge is 2.28. The predicted octanol–water partition coefficient (Wildman–Crippen LogP) is 5.35. The minimum Gasteiger partial charge on any atom is -0.478 e. The van der Waals surface area contributed by atoms with Crippen molar-refractivity contribution in [1.29, 1.82) is 0 Å². The summed E-state index contributed by atoms with van der Waals surface area (Å²) in [5.41, 5.74) is -0.0487. The first kappa shape index (κ1) is 21.6. The Morgan fingerprint density at radius 1 is 1.21 bits per heavy atom. The molecule has 0 bridgehead atoms. The number of anilines is 1. The Hall–Kier alpha value is -2.13. The van der Waals surface area contributed by atoms with E-state index in [0.717, 1.165) is 0 Å². The minimum absolute atomic E-state index is 0.0334. The van der Waals surface area contributed by atoms with Gasteiger partial charge in [0.1, 0.15) is 10.3 Å². The number of rotatable bonds is 5. The largest absolute Gasteiger partial charge is 0.478 e. The lowest BCUT2D eigenvalue weighted by Gasteiger charge is -2.24. The van der Waals surface area contributed by atoms with Crippen LogP contribution in [0.25, 0.3) is 5.82 Å². The number of hydrogen-bond acceptors (Lipinski definition) is 4. The van der Waals surface area contributed by atoms with Crippen molar-refractivity contribution >= 4 is 68.3 Å². The summed E-state index contributed by atoms with van der Waals surface area (Å²) in [5.74, 6) is -1.56. The zero-order valence-corrected chi connectivity index (χ0v) is 18.6. The molecule has 0 spiro atoms. The van der Waals surface area contributed by atoms with Crippen molar-refractivity contribution in [3.8, 4) is 5.82 Å². The Balaban J connectivity index is 2.17. The van der Waals surface area contributed by atoms with Gasteiger partial charge in [-0.3, -0.25) is 4.79 Å². The molecule has 0 aliphatic carbocycles. The molecule has 1 aromatic carbocycles. The quantitative estimate of drug-likeness (QED) is 0.492. The molecule has 3 rings (SSSR count). The number of nitrogens with zero attached hydrogens (tertiary/aromatic N) is 4. The van der Waals surface area contributed by atoms with E-state index in [4.69, 9.17) is 34.8 Å². The average molecular weight is 519 g/mol. The number of aromatic carboxylic acids is 1. The minimum atomic E-state index is -1.27.